The lowest BCUT2D eigenvalue weighted by Crippen LogP contribution is -2.50. The second kappa shape index (κ2) is 16.3. The molecule has 7 heteroatoms. The van der Waals surface area contributed by atoms with Crippen molar-refractivity contribution < 1.29 is 35.7 Å². The highest BCUT2D eigenvalue weighted by molar-refractivity contribution is 5.25. The number of hydrogen-bond acceptors (Lipinski definition) is 7. The average Bonchev–Trinajstić information content (AvgIpc) is 3.30. The molecule has 236 valence electrons. The summed E-state index contributed by atoms with van der Waals surface area (Å²) in [5, 5.41) is 58.2. The summed E-state index contributed by atoms with van der Waals surface area (Å²) in [4.78, 5) is 0. The van der Waals surface area contributed by atoms with Crippen LogP contribution in [0.1, 0.15) is 105 Å². The first-order chi connectivity index (χ1) is 18.9. The van der Waals surface area contributed by atoms with Crippen molar-refractivity contribution in [2.24, 2.45) is 46.3 Å². The minimum absolute atomic E-state index is 0.0766. The van der Waals surface area contributed by atoms with Crippen molar-refractivity contribution in [3.8, 4) is 0 Å². The van der Waals surface area contributed by atoms with E-state index < -0.39 is 12.2 Å². The van der Waals surface area contributed by atoms with E-state index in [1.165, 1.54) is 57.8 Å². The maximum absolute atomic E-state index is 10.2. The lowest BCUT2D eigenvalue weighted by molar-refractivity contribution is -0.0573. The van der Waals surface area contributed by atoms with Crippen LogP contribution < -0.4 is 0 Å². The second-order valence-corrected chi connectivity index (χ2v) is 14.2. The highest BCUT2D eigenvalue weighted by atomic mass is 16.3. The molecular weight excluding hydrogens is 508 g/mol. The zero-order chi connectivity index (χ0) is 30.1. The van der Waals surface area contributed by atoms with Crippen LogP contribution in [0.3, 0.4) is 0 Å². The van der Waals surface area contributed by atoms with Gasteiger partial charge in [0, 0.05) is 0 Å². The largest absolute Gasteiger partial charge is 0.394 e. The van der Waals surface area contributed by atoms with Crippen LogP contribution in [0.25, 0.3) is 0 Å². The van der Waals surface area contributed by atoms with Gasteiger partial charge < -0.3 is 35.7 Å². The Morgan fingerprint density at radius 2 is 1.40 bits per heavy atom. The molecule has 0 radical (unpaired) electrons. The fraction of sp³-hybridized carbons (Fsp3) is 0.939. The lowest BCUT2D eigenvalue weighted by Gasteiger charge is -2.58. The van der Waals surface area contributed by atoms with Crippen LogP contribution in [-0.4, -0.2) is 80.5 Å². The van der Waals surface area contributed by atoms with E-state index in [1.54, 1.807) is 5.57 Å². The molecule has 0 unspecified atom stereocenters. The summed E-state index contributed by atoms with van der Waals surface area (Å²) in [7, 11) is 0. The lowest BCUT2D eigenvalue weighted by atomic mass is 9.47. The monoisotopic (exact) mass is 570 g/mol. The highest BCUT2D eigenvalue weighted by Gasteiger charge is 2.59. The molecule has 4 aliphatic rings. The number of hydrogen-bond donors (Lipinski definition) is 7. The first-order valence-corrected chi connectivity index (χ1v) is 16.0. The van der Waals surface area contributed by atoms with Crippen LogP contribution >= 0.6 is 0 Å². The number of aliphatic hydroxyl groups is 7. The molecule has 4 rings (SSSR count). The van der Waals surface area contributed by atoms with Gasteiger partial charge in [-0.15, -0.1) is 0 Å². The predicted molar refractivity (Wildman–Crippen MR) is 159 cm³/mol. The predicted octanol–water partition coefficient (Wildman–Crippen LogP) is 4.05. The van der Waals surface area contributed by atoms with Crippen LogP contribution in [0.15, 0.2) is 11.6 Å². The van der Waals surface area contributed by atoms with E-state index in [1.807, 2.05) is 0 Å². The Kier molecular flexibility index (Phi) is 14.6. The molecule has 0 aliphatic heterocycles. The van der Waals surface area contributed by atoms with Crippen molar-refractivity contribution in [1.82, 2.24) is 0 Å². The normalized spacial score (nSPS) is 35.6. The number of fused-ring (bicyclic) bond motifs is 5. The summed E-state index contributed by atoms with van der Waals surface area (Å²) in [6.07, 6.45) is 15.3. The maximum atomic E-state index is 10.2. The fourth-order valence-electron chi connectivity index (χ4n) is 8.78. The van der Waals surface area contributed by atoms with E-state index in [0.717, 1.165) is 48.3 Å². The van der Waals surface area contributed by atoms with Crippen molar-refractivity contribution in [1.29, 1.82) is 0 Å². The molecule has 40 heavy (non-hydrogen) atoms. The summed E-state index contributed by atoms with van der Waals surface area (Å²) in [5.41, 5.74) is 2.60. The molecule has 0 heterocycles. The average molecular weight is 571 g/mol. The van der Waals surface area contributed by atoms with Gasteiger partial charge in [0.2, 0.25) is 0 Å². The van der Waals surface area contributed by atoms with Crippen molar-refractivity contribution in [2.75, 3.05) is 26.4 Å². The zero-order valence-electron chi connectivity index (χ0n) is 26.0. The van der Waals surface area contributed by atoms with E-state index in [2.05, 4.69) is 40.7 Å². The molecule has 7 nitrogen and oxygen atoms in total. The third-order valence-electron chi connectivity index (χ3n) is 11.1. The molecule has 0 aromatic rings. The quantitative estimate of drug-likeness (QED) is 0.207. The van der Waals surface area contributed by atoms with Crippen LogP contribution in [-0.2, 0) is 0 Å². The molecule has 0 spiro atoms. The van der Waals surface area contributed by atoms with Crippen molar-refractivity contribution in [3.05, 3.63) is 11.6 Å². The van der Waals surface area contributed by atoms with Gasteiger partial charge in [-0.05, 0) is 97.7 Å². The second-order valence-electron chi connectivity index (χ2n) is 14.2. The maximum Gasteiger partial charge on any atom is 0.100 e. The molecule has 0 bridgehead atoms. The fourth-order valence-corrected chi connectivity index (χ4v) is 8.78. The molecule has 8 atom stereocenters. The highest BCUT2D eigenvalue weighted by Crippen LogP contribution is 2.67. The standard InChI is InChI=1S/C27H46O.2C3H8O3/c1-18(2)7-6-8-19(3)23-11-12-24-22-10-9-20-17-21(28)13-15-26(20,4)25(22)14-16-27(23,24)5;2*4-1-3(6)2-5/h9,18-19,21-25,28H,6-8,10-17H2,1-5H3;2*3-6H,1-2H2/t19-,21+,22+,23-,24+,25+,26+,27-;;/m1../s1. The Labute approximate surface area is 243 Å². The van der Waals surface area contributed by atoms with Gasteiger partial charge in [0.15, 0.2) is 0 Å². The molecule has 7 N–H and O–H groups in total. The van der Waals surface area contributed by atoms with Gasteiger partial charge in [0.1, 0.15) is 12.2 Å². The van der Waals surface area contributed by atoms with Crippen molar-refractivity contribution in [3.63, 3.8) is 0 Å². The SMILES string of the molecule is CC(C)CCC[C@@H](C)[C@H]1CC[C@H]2[C@@H]3CC=C4C[C@@H](O)CC[C@]4(C)[C@H]3CC[C@]12C.OCC(O)CO.OCC(O)CO. The zero-order valence-corrected chi connectivity index (χ0v) is 26.0. The molecule has 0 amide bonds. The third-order valence-corrected chi connectivity index (χ3v) is 11.1. The van der Waals surface area contributed by atoms with E-state index in [-0.39, 0.29) is 32.5 Å². The minimum atomic E-state index is -0.954. The topological polar surface area (TPSA) is 142 Å². The van der Waals surface area contributed by atoms with Gasteiger partial charge in [0.05, 0.1) is 32.5 Å². The summed E-state index contributed by atoms with van der Waals surface area (Å²) < 4.78 is 0. The summed E-state index contributed by atoms with van der Waals surface area (Å²) >= 11 is 0. The minimum Gasteiger partial charge on any atom is -0.394 e. The van der Waals surface area contributed by atoms with Gasteiger partial charge in [-0.1, -0.05) is 65.5 Å². The summed E-state index contributed by atoms with van der Waals surface area (Å²) in [6.45, 7) is 11.1. The van der Waals surface area contributed by atoms with Gasteiger partial charge in [0.25, 0.3) is 0 Å². The Morgan fingerprint density at radius 1 is 0.800 bits per heavy atom. The Morgan fingerprint density at radius 3 is 1.93 bits per heavy atom. The number of aliphatic hydroxyl groups excluding tert-OH is 7. The van der Waals surface area contributed by atoms with Crippen LogP contribution in [0.2, 0.25) is 0 Å². The Balaban J connectivity index is 0.000000393. The summed E-state index contributed by atoms with van der Waals surface area (Å²) in [6, 6.07) is 0. The van der Waals surface area contributed by atoms with Crippen LogP contribution in [0, 0.1) is 46.3 Å². The first kappa shape index (κ1) is 35.7. The van der Waals surface area contributed by atoms with E-state index in [9.17, 15) is 5.11 Å². The molecule has 0 saturated heterocycles. The molecule has 4 aliphatic carbocycles. The smallest absolute Gasteiger partial charge is 0.100 e. The van der Waals surface area contributed by atoms with E-state index in [4.69, 9.17) is 30.6 Å². The van der Waals surface area contributed by atoms with Crippen molar-refractivity contribution >= 4 is 0 Å². The Hall–Kier alpha value is -0.540. The Bertz CT molecular complexity index is 739. The van der Waals surface area contributed by atoms with E-state index in [0.29, 0.717) is 10.8 Å². The van der Waals surface area contributed by atoms with Crippen LogP contribution in [0.4, 0.5) is 0 Å². The van der Waals surface area contributed by atoms with Gasteiger partial charge in [-0.2, -0.15) is 0 Å². The number of allylic oxidation sites excluding steroid dienone is 1. The van der Waals surface area contributed by atoms with Crippen molar-refractivity contribution in [2.45, 2.75) is 124 Å². The molecule has 3 fully saturated rings. The van der Waals surface area contributed by atoms with E-state index >= 15 is 0 Å². The first-order valence-electron chi connectivity index (χ1n) is 16.0. The molecular formula is C33H62O7. The van der Waals surface area contributed by atoms with Crippen LogP contribution in [0.5, 0.6) is 0 Å². The molecule has 0 aromatic carbocycles. The molecule has 0 aromatic heterocycles. The van der Waals surface area contributed by atoms with Gasteiger partial charge >= 0.3 is 0 Å². The summed E-state index contributed by atoms with van der Waals surface area (Å²) in [5.74, 6) is 5.46. The third kappa shape index (κ3) is 8.75. The molecule has 3 saturated carbocycles. The van der Waals surface area contributed by atoms with Gasteiger partial charge in [-0.3, -0.25) is 0 Å². The number of rotatable bonds is 9. The van der Waals surface area contributed by atoms with Gasteiger partial charge in [-0.25, -0.2) is 0 Å².